The molecule has 28 heavy (non-hydrogen) atoms. The minimum absolute atomic E-state index is 0.0246. The van der Waals surface area contributed by atoms with Gasteiger partial charge in [0.25, 0.3) is 5.56 Å². The Morgan fingerprint density at radius 2 is 1.89 bits per heavy atom. The van der Waals surface area contributed by atoms with Crippen LogP contribution in [0.3, 0.4) is 0 Å². The molecule has 2 aromatic carbocycles. The zero-order valence-electron chi connectivity index (χ0n) is 15.2. The molecule has 144 valence electrons. The first-order chi connectivity index (χ1) is 13.3. The van der Waals surface area contributed by atoms with E-state index in [2.05, 4.69) is 0 Å². The van der Waals surface area contributed by atoms with Gasteiger partial charge in [0, 0.05) is 37.1 Å². The van der Waals surface area contributed by atoms with Crippen molar-refractivity contribution in [1.82, 2.24) is 4.57 Å². The van der Waals surface area contributed by atoms with E-state index in [1.807, 2.05) is 0 Å². The van der Waals surface area contributed by atoms with Crippen molar-refractivity contribution in [3.63, 3.8) is 0 Å². The Hall–Kier alpha value is -3.81. The van der Waals surface area contributed by atoms with Crippen molar-refractivity contribution in [1.29, 1.82) is 0 Å². The average Bonchev–Trinajstić information content (AvgIpc) is 2.65. The predicted molar refractivity (Wildman–Crippen MR) is 104 cm³/mol. The average molecular weight is 383 g/mol. The van der Waals surface area contributed by atoms with E-state index in [0.29, 0.717) is 28.3 Å². The van der Waals surface area contributed by atoms with Crippen LogP contribution < -0.4 is 20.9 Å². The van der Waals surface area contributed by atoms with Gasteiger partial charge in [-0.3, -0.25) is 9.69 Å². The van der Waals surface area contributed by atoms with E-state index < -0.39 is 11.7 Å². The van der Waals surface area contributed by atoms with Crippen molar-refractivity contribution in [2.45, 2.75) is 0 Å². The lowest BCUT2D eigenvalue weighted by atomic mass is 10.0. The number of anilines is 2. The first-order valence-electron chi connectivity index (χ1n) is 8.27. The molecule has 3 aromatic rings. The second-order valence-electron chi connectivity index (χ2n) is 6.15. The monoisotopic (exact) mass is 383 g/mol. The highest BCUT2D eigenvalue weighted by molar-refractivity contribution is 5.88. The van der Waals surface area contributed by atoms with Crippen LogP contribution in [-0.4, -0.2) is 22.8 Å². The van der Waals surface area contributed by atoms with E-state index >= 15 is 0 Å². The molecule has 0 aliphatic carbocycles. The zero-order chi connectivity index (χ0) is 20.4. The second-order valence-corrected chi connectivity index (χ2v) is 6.15. The normalized spacial score (nSPS) is 10.5. The SMILES string of the molecule is CN(C(=O)O)c1cc(-c2c(N)cccc2Oc2ccc(F)cc2)cn(C)c1=O. The van der Waals surface area contributed by atoms with E-state index in [-0.39, 0.29) is 11.5 Å². The molecule has 0 bridgehead atoms. The Morgan fingerprint density at radius 3 is 2.54 bits per heavy atom. The van der Waals surface area contributed by atoms with E-state index in [9.17, 15) is 19.1 Å². The summed E-state index contributed by atoms with van der Waals surface area (Å²) < 4.78 is 20.3. The van der Waals surface area contributed by atoms with Crippen molar-refractivity contribution in [2.24, 2.45) is 7.05 Å². The van der Waals surface area contributed by atoms with Gasteiger partial charge in [0.1, 0.15) is 23.0 Å². The number of rotatable bonds is 4. The van der Waals surface area contributed by atoms with Crippen LogP contribution in [-0.2, 0) is 7.05 Å². The molecule has 0 spiro atoms. The fourth-order valence-electron chi connectivity index (χ4n) is 2.75. The third-order valence-electron chi connectivity index (χ3n) is 4.20. The van der Waals surface area contributed by atoms with Gasteiger partial charge < -0.3 is 20.1 Å². The molecule has 7 nitrogen and oxygen atoms in total. The molecule has 0 aliphatic heterocycles. The Kier molecular flexibility index (Phi) is 5.04. The van der Waals surface area contributed by atoms with Gasteiger partial charge in [0.2, 0.25) is 0 Å². The van der Waals surface area contributed by atoms with Gasteiger partial charge in [-0.25, -0.2) is 9.18 Å². The standard InChI is InChI=1S/C20H18FN3O4/c1-23-11-12(10-16(19(23)25)24(2)20(26)27)18-15(22)4-3-5-17(18)28-14-8-6-13(21)7-9-14/h3-11H,22H2,1-2H3,(H,26,27). The summed E-state index contributed by atoms with van der Waals surface area (Å²) in [6.45, 7) is 0. The molecular weight excluding hydrogens is 365 g/mol. The molecular formula is C20H18FN3O4. The molecule has 0 aliphatic rings. The van der Waals surface area contributed by atoms with E-state index in [4.69, 9.17) is 10.5 Å². The minimum atomic E-state index is -1.27. The summed E-state index contributed by atoms with van der Waals surface area (Å²) in [5.74, 6) is 0.398. The molecule has 0 unspecified atom stereocenters. The largest absolute Gasteiger partial charge is 0.465 e. The molecule has 1 amide bonds. The van der Waals surface area contributed by atoms with Crippen LogP contribution in [0.4, 0.5) is 20.6 Å². The first kappa shape index (κ1) is 19.0. The molecule has 0 saturated heterocycles. The number of benzene rings is 2. The number of halogens is 1. The number of carbonyl (C=O) groups is 1. The molecule has 0 atom stereocenters. The zero-order valence-corrected chi connectivity index (χ0v) is 15.2. The van der Waals surface area contributed by atoms with E-state index in [1.54, 1.807) is 24.4 Å². The second kappa shape index (κ2) is 7.43. The minimum Gasteiger partial charge on any atom is -0.465 e. The van der Waals surface area contributed by atoms with Gasteiger partial charge in [0.15, 0.2) is 0 Å². The number of carboxylic acid groups (broad SMARTS) is 1. The highest BCUT2D eigenvalue weighted by atomic mass is 19.1. The lowest BCUT2D eigenvalue weighted by molar-refractivity contribution is 0.203. The van der Waals surface area contributed by atoms with Gasteiger partial charge in [-0.1, -0.05) is 6.07 Å². The van der Waals surface area contributed by atoms with Crippen LogP contribution >= 0.6 is 0 Å². The van der Waals surface area contributed by atoms with E-state index in [1.165, 1.54) is 49.0 Å². The van der Waals surface area contributed by atoms with Crippen molar-refractivity contribution in [2.75, 3.05) is 17.7 Å². The van der Waals surface area contributed by atoms with Crippen LogP contribution in [0.25, 0.3) is 11.1 Å². The summed E-state index contributed by atoms with van der Waals surface area (Å²) in [5, 5.41) is 9.24. The molecule has 8 heteroatoms. The summed E-state index contributed by atoms with van der Waals surface area (Å²) in [6.07, 6.45) is 0.281. The number of nitrogens with zero attached hydrogens (tertiary/aromatic N) is 2. The summed E-state index contributed by atoms with van der Waals surface area (Å²) in [5.41, 5.74) is 7.02. The molecule has 3 rings (SSSR count). The maximum atomic E-state index is 13.1. The maximum absolute atomic E-state index is 13.1. The lowest BCUT2D eigenvalue weighted by Crippen LogP contribution is -2.32. The van der Waals surface area contributed by atoms with Gasteiger partial charge in [-0.15, -0.1) is 0 Å². The summed E-state index contributed by atoms with van der Waals surface area (Å²) in [7, 11) is 2.80. The summed E-state index contributed by atoms with van der Waals surface area (Å²) in [4.78, 5) is 24.5. The third-order valence-corrected chi connectivity index (χ3v) is 4.20. The van der Waals surface area contributed by atoms with Gasteiger partial charge in [-0.05, 0) is 42.5 Å². The van der Waals surface area contributed by atoms with Crippen molar-refractivity contribution >= 4 is 17.5 Å². The van der Waals surface area contributed by atoms with Crippen LogP contribution in [0, 0.1) is 5.82 Å². The van der Waals surface area contributed by atoms with Gasteiger partial charge >= 0.3 is 6.09 Å². The van der Waals surface area contributed by atoms with Crippen molar-refractivity contribution in [3.8, 4) is 22.6 Å². The highest BCUT2D eigenvalue weighted by Gasteiger charge is 2.18. The fourth-order valence-corrected chi connectivity index (χ4v) is 2.75. The number of hydrogen-bond acceptors (Lipinski definition) is 4. The summed E-state index contributed by atoms with van der Waals surface area (Å²) in [6, 6.07) is 12.0. The quantitative estimate of drug-likeness (QED) is 0.670. The van der Waals surface area contributed by atoms with Crippen molar-refractivity contribution < 1.29 is 19.0 Å². The summed E-state index contributed by atoms with van der Waals surface area (Å²) >= 11 is 0. The molecule has 3 N–H and O–H groups in total. The van der Waals surface area contributed by atoms with Crippen LogP contribution in [0.15, 0.2) is 59.5 Å². The van der Waals surface area contributed by atoms with Crippen LogP contribution in [0.2, 0.25) is 0 Å². The van der Waals surface area contributed by atoms with Crippen LogP contribution in [0.1, 0.15) is 0 Å². The number of pyridine rings is 1. The number of amides is 1. The van der Waals surface area contributed by atoms with Gasteiger partial charge in [0.05, 0.1) is 0 Å². The van der Waals surface area contributed by atoms with Crippen molar-refractivity contribution in [3.05, 3.63) is 70.9 Å². The molecule has 0 fully saturated rings. The molecule has 0 radical (unpaired) electrons. The number of ether oxygens (including phenoxy) is 1. The number of nitrogen functional groups attached to an aromatic ring is 1. The number of nitrogens with two attached hydrogens (primary N) is 1. The Morgan fingerprint density at radius 1 is 1.21 bits per heavy atom. The smallest absolute Gasteiger partial charge is 0.411 e. The number of aryl methyl sites for hydroxylation is 1. The predicted octanol–water partition coefficient (Wildman–Crippen LogP) is 3.68. The topological polar surface area (TPSA) is 97.8 Å². The molecule has 1 aromatic heterocycles. The van der Waals surface area contributed by atoms with Gasteiger partial charge in [-0.2, -0.15) is 0 Å². The van der Waals surface area contributed by atoms with E-state index in [0.717, 1.165) is 4.90 Å². The molecule has 1 heterocycles. The Balaban J connectivity index is 2.15. The Bertz CT molecular complexity index is 1090. The lowest BCUT2D eigenvalue weighted by Gasteiger charge is -2.18. The maximum Gasteiger partial charge on any atom is 0.411 e. The third kappa shape index (κ3) is 3.66. The van der Waals surface area contributed by atoms with Crippen LogP contribution in [0.5, 0.6) is 11.5 Å². The highest BCUT2D eigenvalue weighted by Crippen LogP contribution is 2.38. The number of hydrogen-bond donors (Lipinski definition) is 2. The first-order valence-corrected chi connectivity index (χ1v) is 8.27. The molecule has 0 saturated carbocycles. The fraction of sp³-hybridized carbons (Fsp3) is 0.100. The number of aromatic nitrogens is 1. The Labute approximate surface area is 160 Å².